The molecule has 1 atom stereocenters. The molecule has 0 amide bonds. The lowest BCUT2D eigenvalue weighted by atomic mass is 10.0. The van der Waals surface area contributed by atoms with Crippen molar-refractivity contribution in [1.29, 1.82) is 0 Å². The summed E-state index contributed by atoms with van der Waals surface area (Å²) < 4.78 is 18.8. The largest absolute Gasteiger partial charge is 0.492 e. The van der Waals surface area contributed by atoms with Crippen LogP contribution in [0.1, 0.15) is 18.1 Å². The molecule has 1 heterocycles. The first kappa shape index (κ1) is 8.97. The van der Waals surface area contributed by atoms with Crippen molar-refractivity contribution in [3.63, 3.8) is 0 Å². The number of aliphatic hydroxyl groups is 1. The first-order valence-corrected chi connectivity index (χ1v) is 4.77. The van der Waals surface area contributed by atoms with Crippen LogP contribution in [-0.4, -0.2) is 11.7 Å². The van der Waals surface area contributed by atoms with E-state index in [9.17, 15) is 9.50 Å². The van der Waals surface area contributed by atoms with E-state index in [-0.39, 0.29) is 5.82 Å². The zero-order chi connectivity index (χ0) is 9.42. The predicted molar refractivity (Wildman–Crippen MR) is 49.2 cm³/mol. The molecule has 2 rings (SSSR count). The van der Waals surface area contributed by atoms with Crippen LogP contribution >= 0.6 is 15.9 Å². The Morgan fingerprint density at radius 2 is 2.31 bits per heavy atom. The second-order valence-electron chi connectivity index (χ2n) is 2.96. The molecule has 0 fully saturated rings. The predicted octanol–water partition coefficient (Wildman–Crippen LogP) is 2.40. The van der Waals surface area contributed by atoms with Gasteiger partial charge in [-0.25, -0.2) is 4.39 Å². The molecule has 0 radical (unpaired) electrons. The van der Waals surface area contributed by atoms with Gasteiger partial charge in [-0.3, -0.25) is 0 Å². The number of fused-ring (bicyclic) bond motifs is 1. The number of benzene rings is 1. The second-order valence-corrected chi connectivity index (χ2v) is 3.81. The minimum Gasteiger partial charge on any atom is -0.492 e. The van der Waals surface area contributed by atoms with E-state index in [0.717, 1.165) is 0 Å². The fourth-order valence-corrected chi connectivity index (χ4v) is 1.97. The van der Waals surface area contributed by atoms with Gasteiger partial charge in [-0.2, -0.15) is 0 Å². The lowest BCUT2D eigenvalue weighted by Crippen LogP contribution is -2.14. The second kappa shape index (κ2) is 3.27. The maximum atomic E-state index is 12.9. The third-order valence-electron chi connectivity index (χ3n) is 2.03. The highest BCUT2D eigenvalue weighted by molar-refractivity contribution is 9.10. The maximum Gasteiger partial charge on any atom is 0.139 e. The van der Waals surface area contributed by atoms with Crippen LogP contribution in [0.2, 0.25) is 0 Å². The minimum absolute atomic E-state index is 0.366. The zero-order valence-corrected chi connectivity index (χ0v) is 8.34. The molecule has 13 heavy (non-hydrogen) atoms. The van der Waals surface area contributed by atoms with Gasteiger partial charge < -0.3 is 9.84 Å². The van der Waals surface area contributed by atoms with Gasteiger partial charge in [0.25, 0.3) is 0 Å². The molecule has 1 aliphatic heterocycles. The van der Waals surface area contributed by atoms with Crippen molar-refractivity contribution in [3.8, 4) is 5.75 Å². The lowest BCUT2D eigenvalue weighted by molar-refractivity contribution is 0.114. The quantitative estimate of drug-likeness (QED) is 0.762. The molecule has 0 spiro atoms. The standard InChI is InChI=1S/C9H8BrFO2/c10-7-4-5(11)3-6-8(12)1-2-13-9(6)7/h3-4,8,12H,1-2H2. The van der Waals surface area contributed by atoms with Crippen molar-refractivity contribution in [3.05, 3.63) is 28.0 Å². The Kier molecular flexibility index (Phi) is 2.26. The Morgan fingerprint density at radius 3 is 3.08 bits per heavy atom. The van der Waals surface area contributed by atoms with Gasteiger partial charge in [0.2, 0.25) is 0 Å². The van der Waals surface area contributed by atoms with Gasteiger partial charge >= 0.3 is 0 Å². The Labute approximate surface area is 83.5 Å². The van der Waals surface area contributed by atoms with Crippen LogP contribution < -0.4 is 4.74 Å². The van der Waals surface area contributed by atoms with E-state index in [1.807, 2.05) is 0 Å². The molecule has 0 aliphatic carbocycles. The summed E-state index contributed by atoms with van der Waals surface area (Å²) in [6, 6.07) is 2.64. The van der Waals surface area contributed by atoms with Gasteiger partial charge in [-0.1, -0.05) is 0 Å². The number of hydrogen-bond donors (Lipinski definition) is 1. The van der Waals surface area contributed by atoms with Crippen molar-refractivity contribution in [2.45, 2.75) is 12.5 Å². The average molecular weight is 247 g/mol. The summed E-state index contributed by atoms with van der Waals surface area (Å²) in [6.45, 7) is 0.471. The Balaban J connectivity index is 2.56. The zero-order valence-electron chi connectivity index (χ0n) is 6.76. The highest BCUT2D eigenvalue weighted by Gasteiger charge is 2.22. The normalized spacial score (nSPS) is 20.7. The molecule has 1 unspecified atom stereocenters. The molecule has 1 aromatic rings. The first-order chi connectivity index (χ1) is 6.18. The topological polar surface area (TPSA) is 29.5 Å². The van der Waals surface area contributed by atoms with Gasteiger partial charge in [0.1, 0.15) is 11.6 Å². The number of halogens is 2. The molecule has 0 saturated heterocycles. The van der Waals surface area contributed by atoms with Gasteiger partial charge in [-0.05, 0) is 28.1 Å². The number of rotatable bonds is 0. The van der Waals surface area contributed by atoms with Crippen LogP contribution in [0.5, 0.6) is 5.75 Å². The van der Waals surface area contributed by atoms with Crippen LogP contribution in [0.4, 0.5) is 4.39 Å². The first-order valence-electron chi connectivity index (χ1n) is 3.98. The average Bonchev–Trinajstić information content (AvgIpc) is 2.07. The van der Waals surface area contributed by atoms with E-state index in [1.165, 1.54) is 12.1 Å². The highest BCUT2D eigenvalue weighted by atomic mass is 79.9. The van der Waals surface area contributed by atoms with E-state index in [2.05, 4.69) is 15.9 Å². The molecule has 1 aliphatic rings. The van der Waals surface area contributed by atoms with Crippen molar-refractivity contribution in [2.24, 2.45) is 0 Å². The third-order valence-corrected chi connectivity index (χ3v) is 2.62. The fourth-order valence-electron chi connectivity index (χ4n) is 1.41. The van der Waals surface area contributed by atoms with E-state index in [1.54, 1.807) is 0 Å². The summed E-state index contributed by atoms with van der Waals surface area (Å²) in [5.41, 5.74) is 0.526. The molecule has 1 aromatic carbocycles. The molecule has 70 valence electrons. The van der Waals surface area contributed by atoms with Gasteiger partial charge in [0.15, 0.2) is 0 Å². The summed E-state index contributed by atoms with van der Waals surface area (Å²) in [5, 5.41) is 9.54. The van der Waals surface area contributed by atoms with Crippen LogP contribution in [-0.2, 0) is 0 Å². The fraction of sp³-hybridized carbons (Fsp3) is 0.333. The van der Waals surface area contributed by atoms with E-state index < -0.39 is 6.10 Å². The van der Waals surface area contributed by atoms with E-state index >= 15 is 0 Å². The van der Waals surface area contributed by atoms with Crippen molar-refractivity contribution in [1.82, 2.24) is 0 Å². The Hall–Kier alpha value is -0.610. The maximum absolute atomic E-state index is 12.9. The molecule has 2 nitrogen and oxygen atoms in total. The summed E-state index contributed by atoms with van der Waals surface area (Å²) in [7, 11) is 0. The van der Waals surface area contributed by atoms with Crippen molar-refractivity contribution < 1.29 is 14.2 Å². The summed E-state index contributed by atoms with van der Waals surface area (Å²) in [5.74, 6) is 0.190. The molecular weight excluding hydrogens is 239 g/mol. The van der Waals surface area contributed by atoms with E-state index in [4.69, 9.17) is 4.74 Å². The molecule has 0 saturated carbocycles. The van der Waals surface area contributed by atoms with Crippen molar-refractivity contribution in [2.75, 3.05) is 6.61 Å². The summed E-state index contributed by atoms with van der Waals surface area (Å²) in [6.07, 6.45) is -0.0983. The molecule has 0 bridgehead atoms. The van der Waals surface area contributed by atoms with Crippen molar-refractivity contribution >= 4 is 15.9 Å². The SMILES string of the molecule is OC1CCOc2c(Br)cc(F)cc21. The van der Waals surface area contributed by atoms with Crippen LogP contribution in [0.25, 0.3) is 0 Å². The number of aliphatic hydroxyl groups excluding tert-OH is 1. The smallest absolute Gasteiger partial charge is 0.139 e. The Bertz CT molecular complexity index is 341. The van der Waals surface area contributed by atoms with Crippen LogP contribution in [0, 0.1) is 5.82 Å². The van der Waals surface area contributed by atoms with Crippen LogP contribution in [0.15, 0.2) is 16.6 Å². The summed E-state index contributed by atoms with van der Waals surface area (Å²) in [4.78, 5) is 0. The monoisotopic (exact) mass is 246 g/mol. The third kappa shape index (κ3) is 1.56. The molecular formula is C9H8BrFO2. The van der Waals surface area contributed by atoms with Crippen LogP contribution in [0.3, 0.4) is 0 Å². The minimum atomic E-state index is -0.615. The lowest BCUT2D eigenvalue weighted by Gasteiger charge is -2.22. The molecule has 0 aromatic heterocycles. The van der Waals surface area contributed by atoms with Gasteiger partial charge in [-0.15, -0.1) is 0 Å². The highest BCUT2D eigenvalue weighted by Crippen LogP contribution is 2.38. The van der Waals surface area contributed by atoms with E-state index in [0.29, 0.717) is 28.8 Å². The number of ether oxygens (including phenoxy) is 1. The van der Waals surface area contributed by atoms with Gasteiger partial charge in [0, 0.05) is 12.0 Å². The molecule has 1 N–H and O–H groups in total. The molecule has 4 heteroatoms. The number of hydrogen-bond acceptors (Lipinski definition) is 2. The summed E-state index contributed by atoms with van der Waals surface area (Å²) >= 11 is 3.18. The van der Waals surface area contributed by atoms with Gasteiger partial charge in [0.05, 0.1) is 17.2 Å². The Morgan fingerprint density at radius 1 is 1.54 bits per heavy atom.